The van der Waals surface area contributed by atoms with E-state index in [1.165, 1.54) is 0 Å². The fourth-order valence-electron chi connectivity index (χ4n) is 1.68. The van der Waals surface area contributed by atoms with Crippen LogP contribution in [0.15, 0.2) is 0 Å². The number of rotatable bonds is 7. The highest BCUT2D eigenvalue weighted by molar-refractivity contribution is 5.70. The Balaban J connectivity index is 4.05. The molecule has 0 heterocycles. The molecule has 0 saturated carbocycles. The van der Waals surface area contributed by atoms with Crippen molar-refractivity contribution in [3.8, 4) is 0 Å². The molecule has 0 aliphatic carbocycles. The van der Waals surface area contributed by atoms with Crippen LogP contribution in [0.3, 0.4) is 0 Å². The van der Waals surface area contributed by atoms with Crippen LogP contribution in [0, 0.1) is 0 Å². The van der Waals surface area contributed by atoms with Gasteiger partial charge >= 0.3 is 5.97 Å². The molecule has 0 aromatic heterocycles. The van der Waals surface area contributed by atoms with Gasteiger partial charge in [-0.25, -0.2) is 0 Å². The molecular formula is C11H23NO2. The van der Waals surface area contributed by atoms with Crippen LogP contribution in [0.2, 0.25) is 0 Å². The Morgan fingerprint density at radius 2 is 1.79 bits per heavy atom. The van der Waals surface area contributed by atoms with Gasteiger partial charge in [0.1, 0.15) is 0 Å². The summed E-state index contributed by atoms with van der Waals surface area (Å²) >= 11 is 0. The maximum absolute atomic E-state index is 11.3. The van der Waals surface area contributed by atoms with Crippen molar-refractivity contribution in [1.82, 2.24) is 4.90 Å². The molecule has 14 heavy (non-hydrogen) atoms. The number of esters is 1. The molecule has 0 N–H and O–H groups in total. The molecule has 0 aliphatic heterocycles. The van der Waals surface area contributed by atoms with Crippen molar-refractivity contribution in [2.24, 2.45) is 0 Å². The summed E-state index contributed by atoms with van der Waals surface area (Å²) in [6.07, 6.45) is 1.52. The van der Waals surface area contributed by atoms with Crippen LogP contribution in [-0.2, 0) is 9.53 Å². The third-order valence-electron chi connectivity index (χ3n) is 2.51. The predicted molar refractivity (Wildman–Crippen MR) is 58.3 cm³/mol. The zero-order valence-electron chi connectivity index (χ0n) is 9.88. The Hall–Kier alpha value is -0.570. The van der Waals surface area contributed by atoms with E-state index in [1.807, 2.05) is 6.92 Å². The molecule has 0 rings (SSSR count). The van der Waals surface area contributed by atoms with Crippen molar-refractivity contribution in [3.05, 3.63) is 0 Å². The largest absolute Gasteiger partial charge is 0.466 e. The summed E-state index contributed by atoms with van der Waals surface area (Å²) in [5.74, 6) is -0.0775. The third kappa shape index (κ3) is 4.61. The first-order valence-electron chi connectivity index (χ1n) is 5.59. The molecule has 84 valence electrons. The number of carbonyl (C=O) groups is 1. The highest BCUT2D eigenvalue weighted by Gasteiger charge is 2.17. The second kappa shape index (κ2) is 7.80. The Labute approximate surface area is 87.4 Å². The van der Waals surface area contributed by atoms with Gasteiger partial charge in [0.25, 0.3) is 0 Å². The van der Waals surface area contributed by atoms with Gasteiger partial charge in [0.15, 0.2) is 0 Å². The predicted octanol–water partition coefficient (Wildman–Crippen LogP) is 2.06. The summed E-state index contributed by atoms with van der Waals surface area (Å²) < 4.78 is 4.95. The fourth-order valence-corrected chi connectivity index (χ4v) is 1.68. The first-order valence-corrected chi connectivity index (χ1v) is 5.59. The zero-order chi connectivity index (χ0) is 11.0. The van der Waals surface area contributed by atoms with E-state index in [2.05, 4.69) is 25.7 Å². The maximum Gasteiger partial charge on any atom is 0.307 e. The number of ether oxygens (including phenoxy) is 1. The Bertz CT molecular complexity index is 155. The molecule has 0 amide bonds. The lowest BCUT2D eigenvalue weighted by atomic mass is 10.1. The first-order chi connectivity index (χ1) is 6.69. The monoisotopic (exact) mass is 201 g/mol. The summed E-state index contributed by atoms with van der Waals surface area (Å²) in [7, 11) is 0. The smallest absolute Gasteiger partial charge is 0.307 e. The molecule has 3 nitrogen and oxygen atoms in total. The van der Waals surface area contributed by atoms with Crippen LogP contribution in [0.25, 0.3) is 0 Å². The molecule has 0 saturated heterocycles. The fraction of sp³-hybridized carbons (Fsp3) is 0.909. The molecule has 1 atom stereocenters. The third-order valence-corrected chi connectivity index (χ3v) is 2.51. The summed E-state index contributed by atoms with van der Waals surface area (Å²) in [5, 5.41) is 0. The lowest BCUT2D eigenvalue weighted by Gasteiger charge is -2.27. The molecule has 0 radical (unpaired) electrons. The molecule has 0 aromatic carbocycles. The standard InChI is InChI=1S/C11H23NO2/c1-5-10(12(6-2)7-3)9-11(13)14-8-4/h10H,5-9H2,1-4H3. The maximum atomic E-state index is 11.3. The molecule has 0 fully saturated rings. The second-order valence-electron chi connectivity index (χ2n) is 3.29. The van der Waals surface area contributed by atoms with Crippen LogP contribution < -0.4 is 0 Å². The minimum Gasteiger partial charge on any atom is -0.466 e. The normalized spacial score (nSPS) is 12.9. The van der Waals surface area contributed by atoms with Gasteiger partial charge in [-0.2, -0.15) is 0 Å². The van der Waals surface area contributed by atoms with E-state index in [0.29, 0.717) is 19.1 Å². The Morgan fingerprint density at radius 1 is 1.21 bits per heavy atom. The van der Waals surface area contributed by atoms with E-state index in [9.17, 15) is 4.79 Å². The van der Waals surface area contributed by atoms with Gasteiger partial charge in [0.2, 0.25) is 0 Å². The van der Waals surface area contributed by atoms with E-state index in [-0.39, 0.29) is 5.97 Å². The molecule has 0 bridgehead atoms. The summed E-state index contributed by atoms with van der Waals surface area (Å²) in [6, 6.07) is 0.337. The van der Waals surface area contributed by atoms with Gasteiger partial charge in [0.05, 0.1) is 13.0 Å². The van der Waals surface area contributed by atoms with Crippen LogP contribution >= 0.6 is 0 Å². The Morgan fingerprint density at radius 3 is 2.14 bits per heavy atom. The lowest BCUT2D eigenvalue weighted by molar-refractivity contribution is -0.144. The van der Waals surface area contributed by atoms with E-state index in [0.717, 1.165) is 19.5 Å². The highest BCUT2D eigenvalue weighted by atomic mass is 16.5. The highest BCUT2D eigenvalue weighted by Crippen LogP contribution is 2.09. The molecule has 0 spiro atoms. The number of carbonyl (C=O) groups excluding carboxylic acids is 1. The van der Waals surface area contributed by atoms with Gasteiger partial charge in [-0.3, -0.25) is 4.79 Å². The number of nitrogens with zero attached hydrogens (tertiary/aromatic N) is 1. The van der Waals surface area contributed by atoms with E-state index >= 15 is 0 Å². The van der Waals surface area contributed by atoms with E-state index < -0.39 is 0 Å². The van der Waals surface area contributed by atoms with Crippen molar-refractivity contribution >= 4 is 5.97 Å². The van der Waals surface area contributed by atoms with Gasteiger partial charge in [-0.15, -0.1) is 0 Å². The van der Waals surface area contributed by atoms with Gasteiger partial charge in [-0.05, 0) is 26.4 Å². The topological polar surface area (TPSA) is 29.5 Å². The molecular weight excluding hydrogens is 178 g/mol. The van der Waals surface area contributed by atoms with Gasteiger partial charge in [0, 0.05) is 6.04 Å². The first kappa shape index (κ1) is 13.4. The summed E-state index contributed by atoms with van der Waals surface area (Å²) in [6.45, 7) is 10.7. The lowest BCUT2D eigenvalue weighted by Crippen LogP contribution is -2.36. The van der Waals surface area contributed by atoms with Crippen molar-refractivity contribution in [2.75, 3.05) is 19.7 Å². The van der Waals surface area contributed by atoms with Gasteiger partial charge < -0.3 is 9.64 Å². The van der Waals surface area contributed by atoms with Crippen LogP contribution in [0.4, 0.5) is 0 Å². The van der Waals surface area contributed by atoms with Crippen molar-refractivity contribution in [1.29, 1.82) is 0 Å². The van der Waals surface area contributed by atoms with E-state index in [1.54, 1.807) is 0 Å². The van der Waals surface area contributed by atoms with Crippen molar-refractivity contribution in [3.63, 3.8) is 0 Å². The van der Waals surface area contributed by atoms with Crippen LogP contribution in [0.1, 0.15) is 40.5 Å². The van der Waals surface area contributed by atoms with Crippen LogP contribution in [0.5, 0.6) is 0 Å². The van der Waals surface area contributed by atoms with Crippen molar-refractivity contribution in [2.45, 2.75) is 46.6 Å². The number of hydrogen-bond acceptors (Lipinski definition) is 3. The minimum absolute atomic E-state index is 0.0775. The average Bonchev–Trinajstić information content (AvgIpc) is 2.18. The summed E-state index contributed by atoms with van der Waals surface area (Å²) in [5.41, 5.74) is 0. The van der Waals surface area contributed by atoms with Crippen molar-refractivity contribution < 1.29 is 9.53 Å². The van der Waals surface area contributed by atoms with Gasteiger partial charge in [-0.1, -0.05) is 20.8 Å². The summed E-state index contributed by atoms with van der Waals surface area (Å²) in [4.78, 5) is 13.6. The molecule has 1 unspecified atom stereocenters. The van der Waals surface area contributed by atoms with Crippen LogP contribution in [-0.4, -0.2) is 36.6 Å². The number of hydrogen-bond donors (Lipinski definition) is 0. The molecule has 0 aliphatic rings. The zero-order valence-corrected chi connectivity index (χ0v) is 9.88. The van der Waals surface area contributed by atoms with E-state index in [4.69, 9.17) is 4.74 Å². The minimum atomic E-state index is -0.0775. The molecule has 0 aromatic rings. The Kier molecular flexibility index (Phi) is 7.48. The second-order valence-corrected chi connectivity index (χ2v) is 3.29. The average molecular weight is 201 g/mol. The SMILES string of the molecule is CCOC(=O)CC(CC)N(CC)CC. The quantitative estimate of drug-likeness (QED) is 0.590. The molecule has 3 heteroatoms.